The van der Waals surface area contributed by atoms with Crippen LogP contribution in [-0.2, 0) is 12.8 Å². The predicted molar refractivity (Wildman–Crippen MR) is 87.3 cm³/mol. The van der Waals surface area contributed by atoms with E-state index in [0.29, 0.717) is 11.5 Å². The maximum Gasteiger partial charge on any atom is 0.125 e. The lowest BCUT2D eigenvalue weighted by molar-refractivity contribution is 0.480. The van der Waals surface area contributed by atoms with Gasteiger partial charge < -0.3 is 20.2 Å². The lowest BCUT2D eigenvalue weighted by atomic mass is 10.0. The summed E-state index contributed by atoms with van der Waals surface area (Å²) in [6.07, 6.45) is 5.47. The fourth-order valence-corrected chi connectivity index (χ4v) is 3.13. The number of phenols is 2. The first kappa shape index (κ1) is 12.8. The highest BCUT2D eigenvalue weighted by atomic mass is 16.3. The molecular formula is C18H16N2O2. The largest absolute Gasteiger partial charge is 0.507 e. The Morgan fingerprint density at radius 2 is 1.14 bits per heavy atom. The van der Waals surface area contributed by atoms with Gasteiger partial charge in [-0.3, -0.25) is 0 Å². The second-order valence-corrected chi connectivity index (χ2v) is 5.53. The summed E-state index contributed by atoms with van der Waals surface area (Å²) in [6, 6.07) is 11.0. The van der Waals surface area contributed by atoms with Gasteiger partial charge in [0.1, 0.15) is 11.5 Å². The van der Waals surface area contributed by atoms with Crippen LogP contribution in [0.25, 0.3) is 21.8 Å². The molecule has 0 unspecified atom stereocenters. The van der Waals surface area contributed by atoms with Crippen LogP contribution >= 0.6 is 0 Å². The number of aromatic hydroxyl groups is 2. The Labute approximate surface area is 127 Å². The van der Waals surface area contributed by atoms with Crippen LogP contribution in [0.5, 0.6) is 11.5 Å². The van der Waals surface area contributed by atoms with Gasteiger partial charge in [-0.15, -0.1) is 0 Å². The average Bonchev–Trinajstić information content (AvgIpc) is 3.11. The third-order valence-electron chi connectivity index (χ3n) is 4.19. The zero-order valence-electron chi connectivity index (χ0n) is 11.9. The number of phenolic OH excluding ortho intramolecular Hbond substituents is 2. The SMILES string of the molecule is Oc1cccc2[nH]cc(CCc3c[nH]c4cccc(O)c34)c12. The third-order valence-corrected chi connectivity index (χ3v) is 4.19. The summed E-state index contributed by atoms with van der Waals surface area (Å²) in [5.41, 5.74) is 4.05. The van der Waals surface area contributed by atoms with Crippen LogP contribution in [0.3, 0.4) is 0 Å². The second-order valence-electron chi connectivity index (χ2n) is 5.53. The minimum absolute atomic E-state index is 0.301. The van der Waals surface area contributed by atoms with Crippen LogP contribution in [0.4, 0.5) is 0 Å². The van der Waals surface area contributed by atoms with Gasteiger partial charge in [0, 0.05) is 34.2 Å². The lowest BCUT2D eigenvalue weighted by Crippen LogP contribution is -1.89. The standard InChI is InChI=1S/C18H16N2O2/c21-15-5-1-3-13-17(15)11(9-19-13)7-8-12-10-20-14-4-2-6-16(22)18(12)14/h1-6,9-10,19-22H,7-8H2. The molecule has 4 aromatic rings. The smallest absolute Gasteiger partial charge is 0.125 e. The van der Waals surface area contributed by atoms with Gasteiger partial charge in [0.05, 0.1) is 0 Å². The van der Waals surface area contributed by atoms with E-state index in [4.69, 9.17) is 0 Å². The Morgan fingerprint density at radius 1 is 0.682 bits per heavy atom. The van der Waals surface area contributed by atoms with Crippen molar-refractivity contribution < 1.29 is 10.2 Å². The zero-order valence-corrected chi connectivity index (χ0v) is 11.9. The first-order valence-electron chi connectivity index (χ1n) is 7.30. The number of benzene rings is 2. The van der Waals surface area contributed by atoms with Gasteiger partial charge in [-0.25, -0.2) is 0 Å². The molecule has 0 aliphatic heterocycles. The summed E-state index contributed by atoms with van der Waals surface area (Å²) in [7, 11) is 0. The topological polar surface area (TPSA) is 72.0 Å². The Morgan fingerprint density at radius 3 is 1.59 bits per heavy atom. The monoisotopic (exact) mass is 292 g/mol. The van der Waals surface area contributed by atoms with Crippen LogP contribution in [0.1, 0.15) is 11.1 Å². The van der Waals surface area contributed by atoms with E-state index in [2.05, 4.69) is 9.97 Å². The van der Waals surface area contributed by atoms with E-state index >= 15 is 0 Å². The van der Waals surface area contributed by atoms with Gasteiger partial charge in [0.2, 0.25) is 0 Å². The molecule has 22 heavy (non-hydrogen) atoms. The van der Waals surface area contributed by atoms with Crippen molar-refractivity contribution in [2.24, 2.45) is 0 Å². The van der Waals surface area contributed by atoms with E-state index < -0.39 is 0 Å². The molecule has 4 N–H and O–H groups in total. The van der Waals surface area contributed by atoms with E-state index in [1.807, 2.05) is 36.7 Å². The number of H-pyrrole nitrogens is 2. The minimum atomic E-state index is 0.301. The van der Waals surface area contributed by atoms with Gasteiger partial charge in [-0.2, -0.15) is 0 Å². The van der Waals surface area contributed by atoms with Crippen LogP contribution in [0.15, 0.2) is 48.8 Å². The molecule has 2 aromatic carbocycles. The van der Waals surface area contributed by atoms with E-state index in [0.717, 1.165) is 45.8 Å². The highest BCUT2D eigenvalue weighted by Crippen LogP contribution is 2.31. The van der Waals surface area contributed by atoms with E-state index in [1.54, 1.807) is 12.1 Å². The Kier molecular flexibility index (Phi) is 2.82. The summed E-state index contributed by atoms with van der Waals surface area (Å²) in [4.78, 5) is 6.38. The van der Waals surface area contributed by atoms with Crippen molar-refractivity contribution in [2.45, 2.75) is 12.8 Å². The van der Waals surface area contributed by atoms with E-state index in [9.17, 15) is 10.2 Å². The summed E-state index contributed by atoms with van der Waals surface area (Å²) < 4.78 is 0. The van der Waals surface area contributed by atoms with Crippen LogP contribution < -0.4 is 0 Å². The lowest BCUT2D eigenvalue weighted by Gasteiger charge is -2.02. The molecule has 0 aliphatic carbocycles. The van der Waals surface area contributed by atoms with Crippen LogP contribution in [-0.4, -0.2) is 20.2 Å². The van der Waals surface area contributed by atoms with Gasteiger partial charge in [-0.05, 0) is 48.2 Å². The first-order valence-corrected chi connectivity index (χ1v) is 7.30. The summed E-state index contributed by atoms with van der Waals surface area (Å²) in [6.45, 7) is 0. The Balaban J connectivity index is 1.69. The number of aromatic nitrogens is 2. The van der Waals surface area contributed by atoms with Crippen molar-refractivity contribution in [2.75, 3.05) is 0 Å². The number of aryl methyl sites for hydroxylation is 2. The van der Waals surface area contributed by atoms with Gasteiger partial charge in [0.15, 0.2) is 0 Å². The highest BCUT2D eigenvalue weighted by molar-refractivity contribution is 5.90. The van der Waals surface area contributed by atoms with E-state index in [1.165, 1.54) is 0 Å². The molecule has 0 saturated carbocycles. The number of fused-ring (bicyclic) bond motifs is 2. The summed E-state index contributed by atoms with van der Waals surface area (Å²) in [5.74, 6) is 0.603. The average molecular weight is 292 g/mol. The molecular weight excluding hydrogens is 276 g/mol. The van der Waals surface area contributed by atoms with Gasteiger partial charge >= 0.3 is 0 Å². The molecule has 2 heterocycles. The molecule has 2 aromatic heterocycles. The van der Waals surface area contributed by atoms with Crippen LogP contribution in [0.2, 0.25) is 0 Å². The Hall–Kier alpha value is -2.88. The zero-order chi connectivity index (χ0) is 15.1. The normalized spacial score (nSPS) is 11.5. The Bertz CT molecular complexity index is 886. The third kappa shape index (κ3) is 1.92. The summed E-state index contributed by atoms with van der Waals surface area (Å²) in [5, 5.41) is 21.9. The number of aromatic amines is 2. The number of hydrogen-bond acceptors (Lipinski definition) is 2. The van der Waals surface area contributed by atoms with Crippen LogP contribution in [0, 0.1) is 0 Å². The highest BCUT2D eigenvalue weighted by Gasteiger charge is 2.11. The van der Waals surface area contributed by atoms with Crippen molar-refractivity contribution >= 4 is 21.8 Å². The number of hydrogen-bond donors (Lipinski definition) is 4. The van der Waals surface area contributed by atoms with Crippen molar-refractivity contribution in [3.63, 3.8) is 0 Å². The fraction of sp³-hybridized carbons (Fsp3) is 0.111. The maximum atomic E-state index is 10.0. The molecule has 110 valence electrons. The molecule has 0 fully saturated rings. The van der Waals surface area contributed by atoms with E-state index in [-0.39, 0.29) is 0 Å². The molecule has 0 bridgehead atoms. The van der Waals surface area contributed by atoms with Crippen molar-refractivity contribution in [1.82, 2.24) is 9.97 Å². The van der Waals surface area contributed by atoms with Crippen molar-refractivity contribution in [1.29, 1.82) is 0 Å². The quantitative estimate of drug-likeness (QED) is 0.463. The van der Waals surface area contributed by atoms with Gasteiger partial charge in [-0.1, -0.05) is 12.1 Å². The first-order chi connectivity index (χ1) is 10.7. The van der Waals surface area contributed by atoms with Gasteiger partial charge in [0.25, 0.3) is 0 Å². The molecule has 4 heteroatoms. The summed E-state index contributed by atoms with van der Waals surface area (Å²) >= 11 is 0. The molecule has 0 saturated heterocycles. The minimum Gasteiger partial charge on any atom is -0.507 e. The number of rotatable bonds is 3. The molecule has 0 aliphatic rings. The molecule has 0 spiro atoms. The molecule has 0 amide bonds. The maximum absolute atomic E-state index is 10.0. The van der Waals surface area contributed by atoms with Crippen molar-refractivity contribution in [3.05, 3.63) is 59.9 Å². The fourth-order valence-electron chi connectivity index (χ4n) is 3.13. The van der Waals surface area contributed by atoms with Crippen molar-refractivity contribution in [3.8, 4) is 11.5 Å². The molecule has 0 radical (unpaired) electrons. The molecule has 4 nitrogen and oxygen atoms in total. The molecule has 0 atom stereocenters. The predicted octanol–water partition coefficient (Wildman–Crippen LogP) is 3.85. The number of nitrogens with one attached hydrogen (secondary N) is 2. The molecule has 4 rings (SSSR count). The second kappa shape index (κ2) is 4.84.